The third-order valence-electron chi connectivity index (χ3n) is 2.40. The Morgan fingerprint density at radius 1 is 1.46 bits per heavy atom. The number of fused-ring (bicyclic) bond motifs is 1. The Kier molecular flexibility index (Phi) is 2.22. The zero-order valence-corrected chi connectivity index (χ0v) is 8.29. The second-order valence-electron chi connectivity index (χ2n) is 3.20. The molecule has 0 aromatic heterocycles. The number of hydrogen-bond acceptors (Lipinski definition) is 1. The summed E-state index contributed by atoms with van der Waals surface area (Å²) in [7, 11) is 0. The minimum absolute atomic E-state index is 0.00881. The molecule has 2 N–H and O–H groups in total. The number of rotatable bonds is 0. The van der Waals surface area contributed by atoms with Gasteiger partial charge >= 0.3 is 0 Å². The van der Waals surface area contributed by atoms with Crippen molar-refractivity contribution in [1.82, 2.24) is 0 Å². The molecule has 0 amide bonds. The van der Waals surface area contributed by atoms with Gasteiger partial charge in [-0.05, 0) is 30.0 Å². The van der Waals surface area contributed by atoms with Crippen LogP contribution in [0.4, 0.5) is 4.39 Å². The van der Waals surface area contributed by atoms with Crippen LogP contribution in [0.25, 0.3) is 0 Å². The van der Waals surface area contributed by atoms with Gasteiger partial charge in [0.05, 0.1) is 10.0 Å². The molecule has 0 saturated heterocycles. The summed E-state index contributed by atoms with van der Waals surface area (Å²) in [5.74, 6) is -0.405. The van der Waals surface area contributed by atoms with Gasteiger partial charge in [0.15, 0.2) is 0 Å². The first-order valence-electron chi connectivity index (χ1n) is 4.03. The predicted octanol–water partition coefficient (Wildman–Crippen LogP) is 3.08. The summed E-state index contributed by atoms with van der Waals surface area (Å²) in [5.41, 5.74) is 7.19. The van der Waals surface area contributed by atoms with E-state index in [-0.39, 0.29) is 16.1 Å². The average molecular weight is 220 g/mol. The Hall–Kier alpha value is -0.310. The van der Waals surface area contributed by atoms with Crippen LogP contribution >= 0.6 is 23.2 Å². The van der Waals surface area contributed by atoms with E-state index in [1.165, 1.54) is 0 Å². The van der Waals surface area contributed by atoms with Gasteiger partial charge in [-0.15, -0.1) is 0 Å². The van der Waals surface area contributed by atoms with Crippen LogP contribution in [0.3, 0.4) is 0 Å². The van der Waals surface area contributed by atoms with Gasteiger partial charge in [-0.25, -0.2) is 4.39 Å². The molecule has 0 fully saturated rings. The monoisotopic (exact) mass is 219 g/mol. The Balaban J connectivity index is 2.67. The van der Waals surface area contributed by atoms with Gasteiger partial charge in [0, 0.05) is 6.04 Å². The second-order valence-corrected chi connectivity index (χ2v) is 3.98. The summed E-state index contributed by atoms with van der Waals surface area (Å²) in [6, 6.07) is 1.57. The first-order valence-corrected chi connectivity index (χ1v) is 4.78. The molecular formula is C9H8Cl2FN. The fourth-order valence-electron chi connectivity index (χ4n) is 1.69. The first-order chi connectivity index (χ1) is 6.11. The van der Waals surface area contributed by atoms with Crippen LogP contribution in [-0.2, 0) is 6.42 Å². The molecule has 1 aliphatic carbocycles. The lowest BCUT2D eigenvalue weighted by Gasteiger charge is -2.07. The maximum atomic E-state index is 13.5. The van der Waals surface area contributed by atoms with Crippen LogP contribution in [0.2, 0.25) is 10.0 Å². The minimum Gasteiger partial charge on any atom is -0.324 e. The molecule has 0 aliphatic heterocycles. The number of hydrogen-bond donors (Lipinski definition) is 1. The summed E-state index contributed by atoms with van der Waals surface area (Å²) >= 11 is 11.4. The zero-order valence-electron chi connectivity index (χ0n) is 6.78. The Morgan fingerprint density at radius 2 is 2.15 bits per heavy atom. The van der Waals surface area contributed by atoms with E-state index in [4.69, 9.17) is 28.9 Å². The Labute approximate surface area is 85.6 Å². The molecule has 0 heterocycles. The van der Waals surface area contributed by atoms with Crippen LogP contribution in [0.15, 0.2) is 6.07 Å². The third-order valence-corrected chi connectivity index (χ3v) is 3.17. The molecule has 13 heavy (non-hydrogen) atoms. The molecule has 1 aromatic rings. The van der Waals surface area contributed by atoms with E-state index in [0.717, 1.165) is 12.0 Å². The van der Waals surface area contributed by atoms with Crippen LogP contribution in [-0.4, -0.2) is 0 Å². The third kappa shape index (κ3) is 1.33. The van der Waals surface area contributed by atoms with E-state index in [0.29, 0.717) is 12.0 Å². The summed E-state index contributed by atoms with van der Waals surface area (Å²) in [6.45, 7) is 0. The van der Waals surface area contributed by atoms with Gasteiger partial charge in [-0.1, -0.05) is 23.2 Å². The highest BCUT2D eigenvalue weighted by Crippen LogP contribution is 2.38. The molecule has 1 aliphatic rings. The Bertz CT molecular complexity index is 365. The highest BCUT2D eigenvalue weighted by molar-refractivity contribution is 6.42. The quantitative estimate of drug-likeness (QED) is 0.668. The van der Waals surface area contributed by atoms with Gasteiger partial charge in [0.25, 0.3) is 0 Å². The standard InChI is InChI=1S/C9H8Cl2FN/c10-6-3-5-4(1-2-7(5)13)9(12)8(6)11/h3,7H,1-2,13H2/t7-/m0/s1. The van der Waals surface area contributed by atoms with E-state index in [9.17, 15) is 4.39 Å². The van der Waals surface area contributed by atoms with Crippen molar-refractivity contribution in [2.24, 2.45) is 5.73 Å². The van der Waals surface area contributed by atoms with E-state index in [1.807, 2.05) is 0 Å². The normalized spacial score (nSPS) is 20.5. The number of halogens is 3. The first kappa shape index (κ1) is 9.25. The Morgan fingerprint density at radius 3 is 2.85 bits per heavy atom. The van der Waals surface area contributed by atoms with Gasteiger partial charge < -0.3 is 5.73 Å². The second kappa shape index (κ2) is 3.12. The van der Waals surface area contributed by atoms with E-state index in [2.05, 4.69) is 0 Å². The molecule has 2 rings (SSSR count). The highest BCUT2D eigenvalue weighted by atomic mass is 35.5. The van der Waals surface area contributed by atoms with Crippen LogP contribution in [0.1, 0.15) is 23.6 Å². The summed E-state index contributed by atoms with van der Waals surface area (Å²) < 4.78 is 13.5. The fraction of sp³-hybridized carbons (Fsp3) is 0.333. The van der Waals surface area contributed by atoms with Crippen molar-refractivity contribution in [2.75, 3.05) is 0 Å². The predicted molar refractivity (Wildman–Crippen MR) is 51.7 cm³/mol. The maximum absolute atomic E-state index is 13.5. The molecular weight excluding hydrogens is 212 g/mol. The molecule has 70 valence electrons. The van der Waals surface area contributed by atoms with Gasteiger partial charge in [-0.3, -0.25) is 0 Å². The van der Waals surface area contributed by atoms with Crippen LogP contribution in [0, 0.1) is 5.82 Å². The lowest BCUT2D eigenvalue weighted by atomic mass is 10.1. The van der Waals surface area contributed by atoms with Gasteiger partial charge in [0.2, 0.25) is 0 Å². The molecule has 1 aromatic carbocycles. The van der Waals surface area contributed by atoms with Crippen molar-refractivity contribution in [3.63, 3.8) is 0 Å². The van der Waals surface area contributed by atoms with Crippen molar-refractivity contribution >= 4 is 23.2 Å². The van der Waals surface area contributed by atoms with E-state index in [1.54, 1.807) is 6.07 Å². The van der Waals surface area contributed by atoms with Crippen molar-refractivity contribution in [3.05, 3.63) is 33.1 Å². The number of benzene rings is 1. The topological polar surface area (TPSA) is 26.0 Å². The van der Waals surface area contributed by atoms with Crippen LogP contribution < -0.4 is 5.73 Å². The summed E-state index contributed by atoms with van der Waals surface area (Å²) in [5, 5.41) is 0.254. The van der Waals surface area contributed by atoms with E-state index >= 15 is 0 Å². The molecule has 0 saturated carbocycles. The maximum Gasteiger partial charge on any atom is 0.146 e. The molecule has 0 spiro atoms. The fourth-order valence-corrected chi connectivity index (χ4v) is 2.06. The SMILES string of the molecule is N[C@H]1CCc2c1cc(Cl)c(Cl)c2F. The molecule has 1 nitrogen and oxygen atoms in total. The molecule has 0 bridgehead atoms. The van der Waals surface area contributed by atoms with Gasteiger partial charge in [-0.2, -0.15) is 0 Å². The van der Waals surface area contributed by atoms with Crippen molar-refractivity contribution < 1.29 is 4.39 Å². The lowest BCUT2D eigenvalue weighted by Crippen LogP contribution is -2.05. The number of nitrogens with two attached hydrogens (primary N) is 1. The molecule has 0 unspecified atom stereocenters. The lowest BCUT2D eigenvalue weighted by molar-refractivity contribution is 0.613. The average Bonchev–Trinajstić information content (AvgIpc) is 2.45. The summed E-state index contributed by atoms with van der Waals surface area (Å²) in [6.07, 6.45) is 1.42. The summed E-state index contributed by atoms with van der Waals surface area (Å²) in [4.78, 5) is 0. The zero-order chi connectivity index (χ0) is 9.59. The van der Waals surface area contributed by atoms with Crippen molar-refractivity contribution in [1.29, 1.82) is 0 Å². The highest BCUT2D eigenvalue weighted by Gasteiger charge is 2.25. The molecule has 1 atom stereocenters. The van der Waals surface area contributed by atoms with Crippen LogP contribution in [0.5, 0.6) is 0 Å². The largest absolute Gasteiger partial charge is 0.324 e. The smallest absolute Gasteiger partial charge is 0.146 e. The van der Waals surface area contributed by atoms with Crippen molar-refractivity contribution in [3.8, 4) is 0 Å². The molecule has 4 heteroatoms. The van der Waals surface area contributed by atoms with Crippen molar-refractivity contribution in [2.45, 2.75) is 18.9 Å². The minimum atomic E-state index is -0.405. The van der Waals surface area contributed by atoms with Gasteiger partial charge in [0.1, 0.15) is 5.82 Å². The van der Waals surface area contributed by atoms with E-state index < -0.39 is 5.82 Å². The molecule has 0 radical (unpaired) electrons.